The standard InChI is InChI=1S/C15H18N2O4S/c1-11-9-12(10-16)5-6-13(11)22(20,21)17-15(14(18)19)7-3-2-4-8-15/h5-6,9,17H,2-4,7-8H2,1H3,(H,18,19). The van der Waals surface area contributed by atoms with Gasteiger partial charge in [0.25, 0.3) is 0 Å². The lowest BCUT2D eigenvalue weighted by molar-refractivity contribution is -0.145. The van der Waals surface area contributed by atoms with Gasteiger partial charge in [0, 0.05) is 0 Å². The molecule has 1 aliphatic rings. The minimum atomic E-state index is -3.96. The molecule has 0 saturated heterocycles. The third-order valence-electron chi connectivity index (χ3n) is 4.04. The molecule has 2 rings (SSSR count). The number of nitriles is 1. The van der Waals surface area contributed by atoms with Crippen LogP contribution in [0.4, 0.5) is 0 Å². The van der Waals surface area contributed by atoms with E-state index in [1.54, 1.807) is 6.92 Å². The van der Waals surface area contributed by atoms with E-state index in [0.717, 1.165) is 6.42 Å². The highest BCUT2D eigenvalue weighted by molar-refractivity contribution is 7.89. The molecule has 0 spiro atoms. The summed E-state index contributed by atoms with van der Waals surface area (Å²) in [6.45, 7) is 1.59. The fourth-order valence-corrected chi connectivity index (χ4v) is 4.49. The van der Waals surface area contributed by atoms with E-state index in [9.17, 15) is 18.3 Å². The molecule has 7 heteroatoms. The molecule has 1 aromatic carbocycles. The highest BCUT2D eigenvalue weighted by Gasteiger charge is 2.43. The van der Waals surface area contributed by atoms with Gasteiger partial charge in [-0.25, -0.2) is 8.42 Å². The maximum absolute atomic E-state index is 12.6. The summed E-state index contributed by atoms with van der Waals surface area (Å²) in [4.78, 5) is 11.6. The first-order valence-electron chi connectivity index (χ1n) is 7.09. The number of rotatable bonds is 4. The van der Waals surface area contributed by atoms with E-state index >= 15 is 0 Å². The van der Waals surface area contributed by atoms with Crippen molar-refractivity contribution in [3.8, 4) is 6.07 Å². The van der Waals surface area contributed by atoms with Gasteiger partial charge in [-0.1, -0.05) is 19.3 Å². The Labute approximate surface area is 129 Å². The molecule has 0 aromatic heterocycles. The second-order valence-corrected chi connectivity index (χ2v) is 7.30. The lowest BCUT2D eigenvalue weighted by Crippen LogP contribution is -2.55. The molecule has 1 saturated carbocycles. The molecule has 1 aromatic rings. The van der Waals surface area contributed by atoms with Gasteiger partial charge in [0.1, 0.15) is 5.54 Å². The van der Waals surface area contributed by atoms with Crippen molar-refractivity contribution in [2.75, 3.05) is 0 Å². The fourth-order valence-electron chi connectivity index (χ4n) is 2.85. The van der Waals surface area contributed by atoms with Crippen LogP contribution in [0.1, 0.15) is 43.2 Å². The average Bonchev–Trinajstić information content (AvgIpc) is 2.47. The Balaban J connectivity index is 2.38. The summed E-state index contributed by atoms with van der Waals surface area (Å²) in [6, 6.07) is 6.17. The molecule has 0 bridgehead atoms. The number of hydrogen-bond donors (Lipinski definition) is 2. The molecule has 6 nitrogen and oxygen atoms in total. The zero-order chi connectivity index (χ0) is 16.4. The van der Waals surface area contributed by atoms with Crippen LogP contribution in [0.15, 0.2) is 23.1 Å². The van der Waals surface area contributed by atoms with Gasteiger partial charge in [0.2, 0.25) is 10.0 Å². The zero-order valence-corrected chi connectivity index (χ0v) is 13.1. The first-order valence-corrected chi connectivity index (χ1v) is 8.57. The van der Waals surface area contributed by atoms with E-state index in [4.69, 9.17) is 5.26 Å². The number of sulfonamides is 1. The highest BCUT2D eigenvalue weighted by Crippen LogP contribution is 2.30. The van der Waals surface area contributed by atoms with Gasteiger partial charge in [-0.15, -0.1) is 0 Å². The largest absolute Gasteiger partial charge is 0.480 e. The van der Waals surface area contributed by atoms with Gasteiger partial charge >= 0.3 is 5.97 Å². The predicted octanol–water partition coefficient (Wildman–Crippen LogP) is 1.93. The van der Waals surface area contributed by atoms with Crippen molar-refractivity contribution in [1.82, 2.24) is 4.72 Å². The average molecular weight is 322 g/mol. The third-order valence-corrected chi connectivity index (χ3v) is 5.74. The van der Waals surface area contributed by atoms with Gasteiger partial charge in [0.05, 0.1) is 16.5 Å². The number of carbonyl (C=O) groups is 1. The predicted molar refractivity (Wildman–Crippen MR) is 79.7 cm³/mol. The van der Waals surface area contributed by atoms with Crippen molar-refractivity contribution in [1.29, 1.82) is 5.26 Å². The van der Waals surface area contributed by atoms with Crippen LogP contribution in [-0.4, -0.2) is 25.0 Å². The number of carboxylic acid groups (broad SMARTS) is 1. The summed E-state index contributed by atoms with van der Waals surface area (Å²) in [5, 5.41) is 18.3. The number of nitrogens with one attached hydrogen (secondary N) is 1. The fraction of sp³-hybridized carbons (Fsp3) is 0.467. The van der Waals surface area contributed by atoms with Gasteiger partial charge in [-0.3, -0.25) is 4.79 Å². The lowest BCUT2D eigenvalue weighted by Gasteiger charge is -2.33. The Morgan fingerprint density at radius 3 is 2.45 bits per heavy atom. The Bertz CT molecular complexity index is 728. The summed E-state index contributed by atoms with van der Waals surface area (Å²) >= 11 is 0. The Hall–Kier alpha value is -1.91. The molecule has 22 heavy (non-hydrogen) atoms. The molecular formula is C15H18N2O4S. The van der Waals surface area contributed by atoms with E-state index in [0.29, 0.717) is 24.0 Å². The number of carboxylic acids is 1. The summed E-state index contributed by atoms with van der Waals surface area (Å²) in [6.07, 6.45) is 2.85. The molecule has 118 valence electrons. The smallest absolute Gasteiger partial charge is 0.324 e. The quantitative estimate of drug-likeness (QED) is 0.880. The third kappa shape index (κ3) is 3.13. The monoisotopic (exact) mass is 322 g/mol. The van der Waals surface area contributed by atoms with Crippen LogP contribution in [0.25, 0.3) is 0 Å². The van der Waals surface area contributed by atoms with Crippen LogP contribution >= 0.6 is 0 Å². The van der Waals surface area contributed by atoms with Gasteiger partial charge in [-0.2, -0.15) is 9.98 Å². The van der Waals surface area contributed by atoms with Gasteiger partial charge in [0.15, 0.2) is 0 Å². The Morgan fingerprint density at radius 2 is 1.95 bits per heavy atom. The molecule has 0 radical (unpaired) electrons. The Morgan fingerprint density at radius 1 is 1.32 bits per heavy atom. The van der Waals surface area contributed by atoms with E-state index in [1.165, 1.54) is 18.2 Å². The summed E-state index contributed by atoms with van der Waals surface area (Å²) in [5.41, 5.74) is -0.651. The van der Waals surface area contributed by atoms with Crippen LogP contribution in [0.3, 0.4) is 0 Å². The van der Waals surface area contributed by atoms with Crippen LogP contribution < -0.4 is 4.72 Å². The highest BCUT2D eigenvalue weighted by atomic mass is 32.2. The molecule has 1 fully saturated rings. The van der Waals surface area contributed by atoms with Crippen LogP contribution in [0.5, 0.6) is 0 Å². The van der Waals surface area contributed by atoms with E-state index in [2.05, 4.69) is 4.72 Å². The van der Waals surface area contributed by atoms with Crippen molar-refractivity contribution in [3.05, 3.63) is 29.3 Å². The number of aryl methyl sites for hydroxylation is 1. The normalized spacial score (nSPS) is 17.6. The number of nitrogens with zero attached hydrogens (tertiary/aromatic N) is 1. The van der Waals surface area contributed by atoms with Crippen molar-refractivity contribution in [2.45, 2.75) is 49.5 Å². The van der Waals surface area contributed by atoms with Crippen molar-refractivity contribution in [3.63, 3.8) is 0 Å². The Kier molecular flexibility index (Phi) is 4.54. The lowest BCUT2D eigenvalue weighted by atomic mass is 9.83. The number of hydrogen-bond acceptors (Lipinski definition) is 4. The molecular weight excluding hydrogens is 304 g/mol. The van der Waals surface area contributed by atoms with Crippen molar-refractivity contribution < 1.29 is 18.3 Å². The van der Waals surface area contributed by atoms with Crippen molar-refractivity contribution >= 4 is 16.0 Å². The van der Waals surface area contributed by atoms with E-state index in [-0.39, 0.29) is 17.7 Å². The van der Waals surface area contributed by atoms with E-state index in [1.807, 2.05) is 6.07 Å². The SMILES string of the molecule is Cc1cc(C#N)ccc1S(=O)(=O)NC1(C(=O)O)CCCCC1. The second-order valence-electron chi connectivity index (χ2n) is 5.65. The summed E-state index contributed by atoms with van der Waals surface area (Å²) in [5.74, 6) is -1.14. The molecule has 0 unspecified atom stereocenters. The molecule has 0 heterocycles. The van der Waals surface area contributed by atoms with Crippen LogP contribution in [0, 0.1) is 18.3 Å². The second kappa shape index (κ2) is 6.07. The number of aliphatic carboxylic acids is 1. The minimum absolute atomic E-state index is 0.0118. The number of benzene rings is 1. The van der Waals surface area contributed by atoms with Crippen molar-refractivity contribution in [2.24, 2.45) is 0 Å². The summed E-state index contributed by atoms with van der Waals surface area (Å²) in [7, 11) is -3.96. The van der Waals surface area contributed by atoms with Gasteiger partial charge < -0.3 is 5.11 Å². The first-order chi connectivity index (χ1) is 10.3. The molecule has 2 N–H and O–H groups in total. The first kappa shape index (κ1) is 16.5. The molecule has 0 aliphatic heterocycles. The maximum Gasteiger partial charge on any atom is 0.324 e. The topological polar surface area (TPSA) is 107 Å². The van der Waals surface area contributed by atoms with Gasteiger partial charge in [-0.05, 0) is 43.5 Å². The van der Waals surface area contributed by atoms with Crippen LogP contribution in [0.2, 0.25) is 0 Å². The molecule has 0 amide bonds. The van der Waals surface area contributed by atoms with Crippen LogP contribution in [-0.2, 0) is 14.8 Å². The minimum Gasteiger partial charge on any atom is -0.480 e. The maximum atomic E-state index is 12.6. The van der Waals surface area contributed by atoms with E-state index < -0.39 is 21.5 Å². The zero-order valence-electron chi connectivity index (χ0n) is 12.3. The molecule has 0 atom stereocenters. The summed E-state index contributed by atoms with van der Waals surface area (Å²) < 4.78 is 27.5. The molecule has 1 aliphatic carbocycles.